The number of hydrogen-bond donors (Lipinski definition) is 1. The predicted molar refractivity (Wildman–Crippen MR) is 273 cm³/mol. The van der Waals surface area contributed by atoms with Gasteiger partial charge < -0.3 is 33.9 Å². The van der Waals surface area contributed by atoms with Crippen LogP contribution in [0.2, 0.25) is 0 Å². The fourth-order valence-electron chi connectivity index (χ4n) is 10.6. The van der Waals surface area contributed by atoms with E-state index in [0.29, 0.717) is 53.6 Å². The van der Waals surface area contributed by atoms with Crippen LogP contribution in [0.1, 0.15) is 128 Å². The third-order valence-electron chi connectivity index (χ3n) is 14.7. The first-order chi connectivity index (χ1) is 33.9. The number of benzene rings is 4. The van der Waals surface area contributed by atoms with Crippen LogP contribution < -0.4 is 28.7 Å². The Kier molecular flexibility index (Phi) is 17.0. The second kappa shape index (κ2) is 22.2. The molecule has 2 fully saturated rings. The van der Waals surface area contributed by atoms with Crippen LogP contribution in [0.4, 0.5) is 20.2 Å². The second-order valence-electron chi connectivity index (χ2n) is 21.1. The van der Waals surface area contributed by atoms with Gasteiger partial charge in [0.05, 0.1) is 29.9 Å². The molecule has 1 N–H and O–H groups in total. The number of aliphatic hydroxyl groups is 1. The van der Waals surface area contributed by atoms with Gasteiger partial charge in [0.2, 0.25) is 13.6 Å². The quantitative estimate of drug-likeness (QED) is 0.100. The number of Topliss-reactive ketones (excluding diaryl/α,β-unsaturated/α-hetero) is 2. The van der Waals surface area contributed by atoms with Crippen molar-refractivity contribution >= 4 is 35.5 Å². The summed E-state index contributed by atoms with van der Waals surface area (Å²) in [6, 6.07) is 20.8. The van der Waals surface area contributed by atoms with Crippen LogP contribution in [-0.2, 0) is 55.7 Å². The molecule has 10 rings (SSSR count). The lowest BCUT2D eigenvalue weighted by atomic mass is 9.84. The Balaban J connectivity index is 0.000000210. The van der Waals surface area contributed by atoms with E-state index in [1.165, 1.54) is 0 Å². The molecule has 386 valence electrons. The Bertz CT molecular complexity index is 2690. The molecule has 0 saturated heterocycles. The highest BCUT2D eigenvalue weighted by Gasteiger charge is 2.52. The van der Waals surface area contributed by atoms with E-state index in [1.807, 2.05) is 62.4 Å². The Morgan fingerprint density at radius 2 is 1.06 bits per heavy atom. The first-order valence-electron chi connectivity index (χ1n) is 24.8. The van der Waals surface area contributed by atoms with Gasteiger partial charge in [-0.2, -0.15) is 5.26 Å². The molecule has 0 spiro atoms. The van der Waals surface area contributed by atoms with Crippen LogP contribution in [-0.4, -0.2) is 74.6 Å². The van der Waals surface area contributed by atoms with Crippen molar-refractivity contribution in [3.05, 3.63) is 106 Å². The van der Waals surface area contributed by atoms with Gasteiger partial charge in [-0.15, -0.1) is 0 Å². The summed E-state index contributed by atoms with van der Waals surface area (Å²) in [5.74, 6) is 2.13. The van der Waals surface area contributed by atoms with Gasteiger partial charge >= 0.3 is 0 Å². The standard InChI is InChI=1S/C27H29FN2O3.C26H30FNO4.C2H2O2.C2H6.CH4/c1-26(2,3)24-12-18-11-17(20(28)15-21(18)30(24)10-4-9-29)13-25(31)27(7-8-27)19-5-6-22-23(14-19)33-16-32-22;1-25(2,3)23-11-17-10-16(19(27)14-20(17)28(23)8-9-29)12-24(30)26(6-7-26)18-4-5-21-22(13-18)32-15-31-21;3-1-2-4;1-2;/h5-6,11,14-15,24H,4,7-8,10,12-13,16H2,1-3H3;4-5,10,13-14,23,29H,6-9,11-12,15H2,1-3H3;1-2H;1-2H3;1H4. The Hall–Kier alpha value is -6.33. The first kappa shape index (κ1) is 55.0. The molecule has 0 bridgehead atoms. The molecule has 2 atom stereocenters. The third-order valence-corrected chi connectivity index (χ3v) is 14.7. The number of fused-ring (bicyclic) bond motifs is 4. The maximum atomic E-state index is 15.2. The molecule has 4 aromatic rings. The number of β-amino-alcohol motifs (C(OH)–C–C–N with tert-alkyl or cyclic N) is 1. The van der Waals surface area contributed by atoms with Gasteiger partial charge in [-0.3, -0.25) is 19.2 Å². The summed E-state index contributed by atoms with van der Waals surface area (Å²) in [7, 11) is 0. The monoisotopic (exact) mass is 992 g/mol. The molecule has 0 aromatic heterocycles. The smallest absolute Gasteiger partial charge is 0.231 e. The van der Waals surface area contributed by atoms with Crippen molar-refractivity contribution in [1.29, 1.82) is 5.26 Å². The highest BCUT2D eigenvalue weighted by Crippen LogP contribution is 2.53. The zero-order valence-electron chi connectivity index (χ0n) is 42.3. The minimum absolute atomic E-state index is 0. The number of aliphatic hydroxyl groups excluding tert-OH is 1. The normalized spacial score (nSPS) is 18.5. The number of anilines is 2. The summed E-state index contributed by atoms with van der Waals surface area (Å²) in [5, 5.41) is 18.6. The molecule has 4 heterocycles. The lowest BCUT2D eigenvalue weighted by molar-refractivity contribution is -0.122. The van der Waals surface area contributed by atoms with Gasteiger partial charge in [-0.1, -0.05) is 87.1 Å². The number of carbonyl (C=O) groups is 4. The van der Waals surface area contributed by atoms with Gasteiger partial charge in [0.25, 0.3) is 0 Å². The summed E-state index contributed by atoms with van der Waals surface area (Å²) in [4.78, 5) is 48.6. The topological polar surface area (TPSA) is 156 Å². The van der Waals surface area contributed by atoms with E-state index < -0.39 is 10.8 Å². The predicted octanol–water partition coefficient (Wildman–Crippen LogP) is 10.3. The first-order valence-corrected chi connectivity index (χ1v) is 24.8. The van der Waals surface area contributed by atoms with Crippen molar-refractivity contribution < 1.29 is 52.0 Å². The van der Waals surface area contributed by atoms with E-state index in [-0.39, 0.29) is 99.1 Å². The number of nitriles is 1. The molecule has 6 aliphatic rings. The maximum Gasteiger partial charge on any atom is 0.231 e. The lowest BCUT2D eigenvalue weighted by Gasteiger charge is -2.36. The molecule has 12 nitrogen and oxygen atoms in total. The van der Waals surface area contributed by atoms with Crippen molar-refractivity contribution in [3.63, 3.8) is 0 Å². The highest BCUT2D eigenvalue weighted by molar-refractivity contribution is 6.09. The Labute approximate surface area is 423 Å². The van der Waals surface area contributed by atoms with E-state index in [9.17, 15) is 14.7 Å². The van der Waals surface area contributed by atoms with Crippen molar-refractivity contribution in [2.45, 2.75) is 144 Å². The van der Waals surface area contributed by atoms with E-state index >= 15 is 8.78 Å². The van der Waals surface area contributed by atoms with Crippen LogP contribution >= 0.6 is 0 Å². The molecule has 2 unspecified atom stereocenters. The summed E-state index contributed by atoms with van der Waals surface area (Å²) in [6.45, 7) is 18.5. The van der Waals surface area contributed by atoms with Gasteiger partial charge in [0.15, 0.2) is 35.6 Å². The number of ketones is 2. The van der Waals surface area contributed by atoms with E-state index in [1.54, 1.807) is 12.1 Å². The van der Waals surface area contributed by atoms with Crippen LogP contribution in [0.3, 0.4) is 0 Å². The molecular formula is C58H71F2N3O9. The molecule has 14 heteroatoms. The van der Waals surface area contributed by atoms with E-state index in [2.05, 4.69) is 57.4 Å². The van der Waals surface area contributed by atoms with Crippen molar-refractivity contribution in [2.75, 3.05) is 43.1 Å². The number of halogens is 2. The number of rotatable bonds is 13. The second-order valence-corrected chi connectivity index (χ2v) is 21.1. The highest BCUT2D eigenvalue weighted by atomic mass is 19.1. The van der Waals surface area contributed by atoms with Crippen LogP contribution in [0.5, 0.6) is 23.0 Å². The van der Waals surface area contributed by atoms with Crippen LogP contribution in [0.15, 0.2) is 60.7 Å². The van der Waals surface area contributed by atoms with Gasteiger partial charge in [-0.05, 0) is 119 Å². The lowest BCUT2D eigenvalue weighted by Crippen LogP contribution is -2.43. The molecular weight excluding hydrogens is 921 g/mol. The zero-order valence-corrected chi connectivity index (χ0v) is 42.3. The van der Waals surface area contributed by atoms with Gasteiger partial charge in [0.1, 0.15) is 23.2 Å². The fourth-order valence-corrected chi connectivity index (χ4v) is 10.6. The van der Waals surface area contributed by atoms with Crippen molar-refractivity contribution in [3.8, 4) is 29.1 Å². The molecule has 2 saturated carbocycles. The number of nitrogens with zero attached hydrogens (tertiary/aromatic N) is 3. The Morgan fingerprint density at radius 3 is 1.40 bits per heavy atom. The van der Waals surface area contributed by atoms with Crippen LogP contribution in [0.25, 0.3) is 0 Å². The number of ether oxygens (including phenoxy) is 4. The van der Waals surface area contributed by atoms with Crippen molar-refractivity contribution in [1.82, 2.24) is 0 Å². The van der Waals surface area contributed by atoms with Gasteiger partial charge in [0, 0.05) is 49.4 Å². The number of hydrogen-bond acceptors (Lipinski definition) is 12. The minimum atomic E-state index is -0.556. The summed E-state index contributed by atoms with van der Waals surface area (Å²) < 4.78 is 52.1. The molecule has 4 aromatic carbocycles. The molecule has 0 radical (unpaired) electrons. The van der Waals surface area contributed by atoms with Crippen LogP contribution in [0, 0.1) is 33.8 Å². The number of aldehydes is 2. The van der Waals surface area contributed by atoms with E-state index in [0.717, 1.165) is 72.2 Å². The molecule has 2 aliphatic carbocycles. The third kappa shape index (κ3) is 11.2. The molecule has 4 aliphatic heterocycles. The Morgan fingerprint density at radius 1 is 0.667 bits per heavy atom. The summed E-state index contributed by atoms with van der Waals surface area (Å²) >= 11 is 0. The maximum absolute atomic E-state index is 15.2. The SMILES string of the molecule is C.CC.CC(C)(C)C1Cc2cc(CC(=O)C3(c4ccc5c(c4)OCO5)CC3)c(F)cc2N1CCC#N.CC(C)(C)C1Cc2cc(CC(=O)C3(c4ccc5c(c4)OCO5)CC3)c(F)cc2N1CCO.O=CC=O. The molecule has 72 heavy (non-hydrogen) atoms. The van der Waals surface area contributed by atoms with E-state index in [4.69, 9.17) is 33.8 Å². The molecule has 0 amide bonds. The largest absolute Gasteiger partial charge is 0.454 e. The minimum Gasteiger partial charge on any atom is -0.454 e. The summed E-state index contributed by atoms with van der Waals surface area (Å²) in [5.41, 5.74) is 5.43. The zero-order chi connectivity index (χ0) is 51.5. The average molecular weight is 992 g/mol. The average Bonchev–Trinajstić information content (AvgIpc) is 4.12. The van der Waals surface area contributed by atoms with Crippen molar-refractivity contribution in [2.24, 2.45) is 10.8 Å². The van der Waals surface area contributed by atoms with Gasteiger partial charge in [-0.25, -0.2) is 8.78 Å². The summed E-state index contributed by atoms with van der Waals surface area (Å²) in [6.07, 6.45) is 5.60. The fraction of sp³-hybridized carbons (Fsp3) is 0.500. The number of carbonyl (C=O) groups excluding carboxylic acids is 4.